The van der Waals surface area contributed by atoms with Crippen LogP contribution in [0.3, 0.4) is 0 Å². The van der Waals surface area contributed by atoms with Crippen molar-refractivity contribution in [2.75, 3.05) is 6.54 Å². The van der Waals surface area contributed by atoms with Crippen LogP contribution in [0.25, 0.3) is 0 Å². The number of carbonyl (C=O) groups excluding carboxylic acids is 1. The summed E-state index contributed by atoms with van der Waals surface area (Å²) in [6, 6.07) is 11.1. The van der Waals surface area contributed by atoms with Gasteiger partial charge in [-0.2, -0.15) is 0 Å². The molecule has 0 saturated carbocycles. The molecule has 0 saturated heterocycles. The normalized spacial score (nSPS) is 10.8. The van der Waals surface area contributed by atoms with Crippen LogP contribution in [0.5, 0.6) is 0 Å². The number of amides is 2. The van der Waals surface area contributed by atoms with Crippen molar-refractivity contribution in [3.05, 3.63) is 70.3 Å². The van der Waals surface area contributed by atoms with Gasteiger partial charge >= 0.3 is 12.0 Å². The van der Waals surface area contributed by atoms with Crippen molar-refractivity contribution in [1.82, 2.24) is 9.62 Å². The summed E-state index contributed by atoms with van der Waals surface area (Å²) in [5.41, 5.74) is 0.230. The molecule has 2 N–H and O–H groups in total. The van der Waals surface area contributed by atoms with E-state index in [-0.39, 0.29) is 17.1 Å². The zero-order valence-electron chi connectivity index (χ0n) is 13.8. The Bertz CT molecular complexity index is 944. The molecule has 0 fully saturated rings. The summed E-state index contributed by atoms with van der Waals surface area (Å²) in [4.78, 5) is 34.0. The van der Waals surface area contributed by atoms with E-state index in [9.17, 15) is 28.1 Å². The largest absolute Gasteiger partial charge is 0.480 e. The van der Waals surface area contributed by atoms with Gasteiger partial charge in [0, 0.05) is 18.7 Å². The Morgan fingerprint density at radius 2 is 1.67 bits per heavy atom. The standard InChI is InChI=1S/C16H15N3O7S/c20-15(21)11-18(10-12-6-8-13(9-7-12)19(23)24)16(22)17-27(25,26)14-4-2-1-3-5-14/h1-9H,10-11H2,(H,17,22)(H,20,21). The van der Waals surface area contributed by atoms with Crippen LogP contribution in [0.1, 0.15) is 5.56 Å². The predicted molar refractivity (Wildman–Crippen MR) is 93.3 cm³/mol. The number of hydrogen-bond acceptors (Lipinski definition) is 6. The highest BCUT2D eigenvalue weighted by Gasteiger charge is 2.23. The van der Waals surface area contributed by atoms with Crippen LogP contribution in [-0.2, 0) is 21.4 Å². The van der Waals surface area contributed by atoms with Gasteiger partial charge in [0.25, 0.3) is 15.7 Å². The predicted octanol–water partition coefficient (Wildman–Crippen LogP) is 1.58. The number of urea groups is 1. The number of carboxylic acids is 1. The minimum absolute atomic E-state index is 0.149. The number of carboxylic acid groups (broad SMARTS) is 1. The van der Waals surface area contributed by atoms with Crippen molar-refractivity contribution in [2.24, 2.45) is 0 Å². The van der Waals surface area contributed by atoms with Crippen LogP contribution in [0.2, 0.25) is 0 Å². The van der Waals surface area contributed by atoms with Crippen LogP contribution in [0.4, 0.5) is 10.5 Å². The molecule has 10 nitrogen and oxygen atoms in total. The van der Waals surface area contributed by atoms with Crippen molar-refractivity contribution in [3.63, 3.8) is 0 Å². The average Bonchev–Trinajstić information content (AvgIpc) is 2.61. The van der Waals surface area contributed by atoms with Crippen molar-refractivity contribution in [2.45, 2.75) is 11.4 Å². The highest BCUT2D eigenvalue weighted by Crippen LogP contribution is 2.14. The molecule has 0 bridgehead atoms. The molecular weight excluding hydrogens is 378 g/mol. The molecule has 0 radical (unpaired) electrons. The van der Waals surface area contributed by atoms with E-state index in [2.05, 4.69) is 0 Å². The maximum Gasteiger partial charge on any atom is 0.332 e. The van der Waals surface area contributed by atoms with Gasteiger partial charge in [-0.1, -0.05) is 30.3 Å². The molecule has 2 amide bonds. The molecule has 0 unspecified atom stereocenters. The van der Waals surface area contributed by atoms with Gasteiger partial charge in [0.2, 0.25) is 0 Å². The summed E-state index contributed by atoms with van der Waals surface area (Å²) in [6.45, 7) is -1.01. The van der Waals surface area contributed by atoms with Crippen LogP contribution >= 0.6 is 0 Å². The fourth-order valence-corrected chi connectivity index (χ4v) is 3.14. The second kappa shape index (κ2) is 8.27. The van der Waals surface area contributed by atoms with E-state index in [4.69, 9.17) is 5.11 Å². The second-order valence-electron chi connectivity index (χ2n) is 5.40. The number of nitrogens with zero attached hydrogens (tertiary/aromatic N) is 2. The number of nitro benzene ring substituents is 1. The first kappa shape index (κ1) is 19.8. The van der Waals surface area contributed by atoms with Crippen LogP contribution in [0.15, 0.2) is 59.5 Å². The Morgan fingerprint density at radius 1 is 1.07 bits per heavy atom. The van der Waals surface area contributed by atoms with E-state index in [1.165, 1.54) is 48.5 Å². The van der Waals surface area contributed by atoms with Gasteiger partial charge in [0.15, 0.2) is 0 Å². The monoisotopic (exact) mass is 393 g/mol. The molecule has 0 aliphatic carbocycles. The molecule has 2 aromatic rings. The molecule has 11 heteroatoms. The van der Waals surface area contributed by atoms with E-state index in [0.717, 1.165) is 4.90 Å². The van der Waals surface area contributed by atoms with Crippen molar-refractivity contribution in [1.29, 1.82) is 0 Å². The molecule has 0 aromatic heterocycles. The molecule has 2 rings (SSSR count). The van der Waals surface area contributed by atoms with Gasteiger partial charge in [0.05, 0.1) is 9.82 Å². The van der Waals surface area contributed by atoms with Gasteiger partial charge in [0.1, 0.15) is 6.54 Å². The van der Waals surface area contributed by atoms with E-state index >= 15 is 0 Å². The lowest BCUT2D eigenvalue weighted by atomic mass is 10.2. The molecule has 142 valence electrons. The lowest BCUT2D eigenvalue weighted by Gasteiger charge is -2.21. The third-order valence-corrected chi connectivity index (χ3v) is 4.75. The number of carbonyl (C=O) groups is 2. The fourth-order valence-electron chi connectivity index (χ4n) is 2.14. The topological polar surface area (TPSA) is 147 Å². The molecule has 27 heavy (non-hydrogen) atoms. The molecule has 0 aliphatic rings. The Hall–Kier alpha value is -3.47. The number of rotatable bonds is 7. The first-order valence-electron chi connectivity index (χ1n) is 7.51. The van der Waals surface area contributed by atoms with Gasteiger partial charge < -0.3 is 10.0 Å². The number of non-ortho nitro benzene ring substituents is 1. The number of benzene rings is 2. The Labute approximate surface area is 154 Å². The first-order chi connectivity index (χ1) is 12.7. The lowest BCUT2D eigenvalue weighted by molar-refractivity contribution is -0.384. The summed E-state index contributed by atoms with van der Waals surface area (Å²) in [6.07, 6.45) is 0. The maximum atomic E-state index is 12.3. The quantitative estimate of drug-likeness (QED) is 0.536. The van der Waals surface area contributed by atoms with Crippen LogP contribution in [-0.4, -0.2) is 41.9 Å². The molecule has 0 spiro atoms. The van der Waals surface area contributed by atoms with Crippen LogP contribution < -0.4 is 4.72 Å². The summed E-state index contributed by atoms with van der Waals surface area (Å²) < 4.78 is 26.3. The molecular formula is C16H15N3O7S. The molecule has 0 aliphatic heterocycles. The summed E-state index contributed by atoms with van der Waals surface area (Å²) in [5, 5.41) is 19.6. The van der Waals surface area contributed by atoms with Gasteiger partial charge in [-0.25, -0.2) is 17.9 Å². The smallest absolute Gasteiger partial charge is 0.332 e. The highest BCUT2D eigenvalue weighted by molar-refractivity contribution is 7.90. The number of sulfonamides is 1. The van der Waals surface area contributed by atoms with Gasteiger partial charge in [-0.05, 0) is 17.7 Å². The second-order valence-corrected chi connectivity index (χ2v) is 7.08. The van der Waals surface area contributed by atoms with Crippen molar-refractivity contribution >= 4 is 27.7 Å². The van der Waals surface area contributed by atoms with Crippen LogP contribution in [0, 0.1) is 10.1 Å². The zero-order chi connectivity index (χ0) is 20.0. The van der Waals surface area contributed by atoms with E-state index in [1.807, 2.05) is 4.72 Å². The van der Waals surface area contributed by atoms with E-state index < -0.39 is 33.5 Å². The fraction of sp³-hybridized carbons (Fsp3) is 0.125. The van der Waals surface area contributed by atoms with Gasteiger partial charge in [-0.15, -0.1) is 0 Å². The highest BCUT2D eigenvalue weighted by atomic mass is 32.2. The number of hydrogen-bond donors (Lipinski definition) is 2. The van der Waals surface area contributed by atoms with Gasteiger partial charge in [-0.3, -0.25) is 14.9 Å². The summed E-state index contributed by atoms with van der Waals surface area (Å²) in [7, 11) is -4.17. The molecule has 2 aromatic carbocycles. The minimum atomic E-state index is -4.17. The maximum absolute atomic E-state index is 12.3. The summed E-state index contributed by atoms with van der Waals surface area (Å²) in [5.74, 6) is -1.34. The number of nitrogens with one attached hydrogen (secondary N) is 1. The van der Waals surface area contributed by atoms with E-state index in [0.29, 0.717) is 5.56 Å². The minimum Gasteiger partial charge on any atom is -0.480 e. The third kappa shape index (κ3) is 5.51. The number of nitro groups is 1. The Morgan fingerprint density at radius 3 is 2.19 bits per heavy atom. The lowest BCUT2D eigenvalue weighted by Crippen LogP contribution is -2.44. The molecule has 0 heterocycles. The SMILES string of the molecule is O=C(O)CN(Cc1ccc([N+](=O)[O-])cc1)C(=O)NS(=O)(=O)c1ccccc1. The molecule has 0 atom stereocenters. The average molecular weight is 393 g/mol. The number of aliphatic carboxylic acids is 1. The van der Waals surface area contributed by atoms with Crippen molar-refractivity contribution < 1.29 is 28.0 Å². The zero-order valence-corrected chi connectivity index (χ0v) is 14.6. The van der Waals surface area contributed by atoms with Crippen molar-refractivity contribution in [3.8, 4) is 0 Å². The summed E-state index contributed by atoms with van der Waals surface area (Å²) >= 11 is 0. The Kier molecular flexibility index (Phi) is 6.08. The Balaban J connectivity index is 2.18. The van der Waals surface area contributed by atoms with E-state index in [1.54, 1.807) is 6.07 Å². The third-order valence-electron chi connectivity index (χ3n) is 3.41. The first-order valence-corrected chi connectivity index (χ1v) is 8.99.